The van der Waals surface area contributed by atoms with E-state index in [1.165, 1.54) is 27.7 Å². The van der Waals surface area contributed by atoms with Crippen LogP contribution in [-0.2, 0) is 24.6 Å². The van der Waals surface area contributed by atoms with Gasteiger partial charge in [0, 0.05) is 17.3 Å². The molecule has 6 N–H and O–H groups in total. The number of benzene rings is 1. The fourth-order valence-corrected chi connectivity index (χ4v) is 4.09. The predicted octanol–water partition coefficient (Wildman–Crippen LogP) is -0.280. The van der Waals surface area contributed by atoms with Gasteiger partial charge in [-0.3, -0.25) is 19.2 Å². The SMILES string of the molecule is CC(=O)c1c(O)c(C)c(O)c2c1OC1=CC(=O)/C(=C(/C)NCC(=O)NC(CO)C(=O)O)C(=O)[C@]12C. The molecule has 0 saturated carbocycles. The van der Waals surface area contributed by atoms with Gasteiger partial charge in [0.25, 0.3) is 0 Å². The normalized spacial score (nSPS) is 20.8. The van der Waals surface area contributed by atoms with Crippen LogP contribution in [0.15, 0.2) is 23.1 Å². The standard InChI is InChI=1S/C23H24N2O10/c1-8-18(30)16(10(3)27)20-17(19(8)31)23(4)13(35-20)5-12(28)15(21(23)32)9(2)24-6-14(29)25-11(7-26)22(33)34/h5,11,24,26,30-31H,6-7H2,1-4H3,(H,25,29)(H,33,34)/b15-9+/t11?,23-/m1/s1. The van der Waals surface area contributed by atoms with Crippen molar-refractivity contribution >= 4 is 29.2 Å². The van der Waals surface area contributed by atoms with E-state index in [9.17, 15) is 34.2 Å². The van der Waals surface area contributed by atoms with Crippen molar-refractivity contribution in [1.82, 2.24) is 10.6 Å². The molecule has 1 heterocycles. The van der Waals surface area contributed by atoms with Gasteiger partial charge in [0.15, 0.2) is 17.3 Å². The van der Waals surface area contributed by atoms with Crippen LogP contribution in [-0.4, -0.2) is 68.8 Å². The first-order valence-corrected chi connectivity index (χ1v) is 10.4. The number of hydrogen-bond donors (Lipinski definition) is 6. The molecule has 1 aromatic rings. The van der Waals surface area contributed by atoms with Crippen molar-refractivity contribution < 1.29 is 49.1 Å². The maximum Gasteiger partial charge on any atom is 0.328 e. The van der Waals surface area contributed by atoms with Crippen molar-refractivity contribution in [2.24, 2.45) is 0 Å². The van der Waals surface area contributed by atoms with E-state index >= 15 is 0 Å². The Balaban J connectivity index is 2.02. The number of aromatic hydroxyl groups is 2. The summed E-state index contributed by atoms with van der Waals surface area (Å²) in [6.07, 6.45) is 1.03. The molecule has 3 rings (SSSR count). The molecule has 186 valence electrons. The van der Waals surface area contributed by atoms with Crippen molar-refractivity contribution in [1.29, 1.82) is 0 Å². The summed E-state index contributed by atoms with van der Waals surface area (Å²) in [6.45, 7) is 3.97. The zero-order chi connectivity index (χ0) is 26.4. The summed E-state index contributed by atoms with van der Waals surface area (Å²) >= 11 is 0. The van der Waals surface area contributed by atoms with E-state index in [2.05, 4.69) is 10.6 Å². The maximum absolute atomic E-state index is 13.6. The fourth-order valence-electron chi connectivity index (χ4n) is 4.09. The minimum absolute atomic E-state index is 0.00206. The first kappa shape index (κ1) is 25.4. The topological polar surface area (TPSA) is 200 Å². The van der Waals surface area contributed by atoms with Gasteiger partial charge in [-0.2, -0.15) is 0 Å². The molecule has 12 heteroatoms. The molecular weight excluding hydrogens is 464 g/mol. The number of carboxylic acid groups (broad SMARTS) is 1. The van der Waals surface area contributed by atoms with E-state index in [0.717, 1.165) is 6.08 Å². The molecular formula is C23H24N2O10. The van der Waals surface area contributed by atoms with Gasteiger partial charge in [-0.25, -0.2) is 4.79 Å². The first-order valence-electron chi connectivity index (χ1n) is 10.4. The van der Waals surface area contributed by atoms with Crippen LogP contribution in [0.3, 0.4) is 0 Å². The molecule has 1 unspecified atom stereocenters. The number of fused-ring (bicyclic) bond motifs is 3. The number of hydrogen-bond acceptors (Lipinski definition) is 10. The second kappa shape index (κ2) is 8.87. The number of carboxylic acids is 1. The molecule has 0 spiro atoms. The Morgan fingerprint density at radius 2 is 1.77 bits per heavy atom. The molecule has 0 fully saturated rings. The number of rotatable bonds is 7. The van der Waals surface area contributed by atoms with Gasteiger partial charge in [-0.05, 0) is 27.7 Å². The highest BCUT2D eigenvalue weighted by molar-refractivity contribution is 6.31. The number of aliphatic hydroxyl groups is 1. The maximum atomic E-state index is 13.6. The number of phenols is 2. The lowest BCUT2D eigenvalue weighted by atomic mass is 9.70. The molecule has 0 bridgehead atoms. The summed E-state index contributed by atoms with van der Waals surface area (Å²) in [4.78, 5) is 61.6. The Morgan fingerprint density at radius 1 is 1.14 bits per heavy atom. The second-order valence-corrected chi connectivity index (χ2v) is 8.38. The van der Waals surface area contributed by atoms with Gasteiger partial charge in [-0.15, -0.1) is 0 Å². The zero-order valence-corrected chi connectivity index (χ0v) is 19.3. The molecule has 0 saturated heterocycles. The van der Waals surface area contributed by atoms with Gasteiger partial charge in [0.05, 0.1) is 24.3 Å². The average Bonchev–Trinajstić information content (AvgIpc) is 3.07. The summed E-state index contributed by atoms with van der Waals surface area (Å²) in [6, 6.07) is -1.52. The van der Waals surface area contributed by atoms with Gasteiger partial charge in [0.1, 0.15) is 40.0 Å². The molecule has 35 heavy (non-hydrogen) atoms. The Labute approximate surface area is 198 Å². The largest absolute Gasteiger partial charge is 0.507 e. The molecule has 2 atom stereocenters. The zero-order valence-electron chi connectivity index (χ0n) is 19.3. The molecule has 12 nitrogen and oxygen atoms in total. The van der Waals surface area contributed by atoms with Crippen LogP contribution in [0.2, 0.25) is 0 Å². The van der Waals surface area contributed by atoms with E-state index < -0.39 is 65.3 Å². The molecule has 1 amide bonds. The van der Waals surface area contributed by atoms with Crippen LogP contribution < -0.4 is 15.4 Å². The summed E-state index contributed by atoms with van der Waals surface area (Å²) in [5.41, 5.74) is -2.40. The predicted molar refractivity (Wildman–Crippen MR) is 118 cm³/mol. The highest BCUT2D eigenvalue weighted by Crippen LogP contribution is 2.57. The van der Waals surface area contributed by atoms with Crippen molar-refractivity contribution in [3.05, 3.63) is 39.8 Å². The number of aliphatic carboxylic acids is 1. The molecule has 0 aromatic heterocycles. The van der Waals surface area contributed by atoms with E-state index in [-0.39, 0.29) is 39.5 Å². The van der Waals surface area contributed by atoms with Crippen LogP contribution in [0.4, 0.5) is 0 Å². The van der Waals surface area contributed by atoms with Crippen LogP contribution >= 0.6 is 0 Å². The minimum atomic E-state index is -1.71. The van der Waals surface area contributed by atoms with Gasteiger partial charge >= 0.3 is 5.97 Å². The number of ether oxygens (including phenoxy) is 1. The Kier molecular flexibility index (Phi) is 6.45. The van der Waals surface area contributed by atoms with E-state index in [1.807, 2.05) is 0 Å². The lowest BCUT2D eigenvalue weighted by molar-refractivity contribution is -0.142. The van der Waals surface area contributed by atoms with Crippen molar-refractivity contribution in [3.63, 3.8) is 0 Å². The Hall–Kier alpha value is -4.19. The summed E-state index contributed by atoms with van der Waals surface area (Å²) < 4.78 is 5.66. The van der Waals surface area contributed by atoms with Gasteiger partial charge in [0.2, 0.25) is 5.91 Å². The third-order valence-electron chi connectivity index (χ3n) is 6.09. The smallest absolute Gasteiger partial charge is 0.328 e. The van der Waals surface area contributed by atoms with E-state index in [0.29, 0.717) is 0 Å². The average molecular weight is 488 g/mol. The summed E-state index contributed by atoms with van der Waals surface area (Å²) in [5, 5.41) is 43.8. The van der Waals surface area contributed by atoms with Crippen LogP contribution in [0.5, 0.6) is 17.2 Å². The highest BCUT2D eigenvalue weighted by Gasteiger charge is 2.56. The quantitative estimate of drug-likeness (QED) is 0.167. The van der Waals surface area contributed by atoms with Crippen molar-refractivity contribution in [2.75, 3.05) is 13.2 Å². The van der Waals surface area contributed by atoms with Crippen LogP contribution in [0, 0.1) is 6.92 Å². The van der Waals surface area contributed by atoms with Crippen LogP contribution in [0.1, 0.15) is 42.3 Å². The van der Waals surface area contributed by atoms with E-state index in [1.54, 1.807) is 0 Å². The molecule has 1 aliphatic heterocycles. The fraction of sp³-hybridized carbons (Fsp3) is 0.348. The number of allylic oxidation sites excluding steroid dienone is 4. The monoisotopic (exact) mass is 488 g/mol. The third kappa shape index (κ3) is 3.91. The Bertz CT molecular complexity index is 1260. The van der Waals surface area contributed by atoms with E-state index in [4.69, 9.17) is 14.9 Å². The number of nitrogens with one attached hydrogen (secondary N) is 2. The number of aliphatic hydroxyl groups excluding tert-OH is 1. The molecule has 1 aliphatic carbocycles. The first-order chi connectivity index (χ1) is 16.3. The van der Waals surface area contributed by atoms with Gasteiger partial charge < -0.3 is 35.8 Å². The lowest BCUT2D eigenvalue weighted by Crippen LogP contribution is -2.47. The molecule has 2 aliphatic rings. The number of ketones is 3. The number of carbonyl (C=O) groups excluding carboxylic acids is 4. The number of phenolic OH excluding ortho intramolecular Hbond substituents is 2. The molecule has 0 radical (unpaired) electrons. The lowest BCUT2D eigenvalue weighted by Gasteiger charge is -2.29. The van der Waals surface area contributed by atoms with Gasteiger partial charge in [-0.1, -0.05) is 0 Å². The summed E-state index contributed by atoms with van der Waals surface area (Å²) in [7, 11) is 0. The number of amides is 1. The molecule has 1 aromatic carbocycles. The van der Waals surface area contributed by atoms with Crippen molar-refractivity contribution in [2.45, 2.75) is 39.2 Å². The second-order valence-electron chi connectivity index (χ2n) is 8.38. The third-order valence-corrected chi connectivity index (χ3v) is 6.09. The number of carbonyl (C=O) groups is 5. The van der Waals surface area contributed by atoms with Crippen molar-refractivity contribution in [3.8, 4) is 17.2 Å². The highest BCUT2D eigenvalue weighted by atomic mass is 16.5. The number of Topliss-reactive ketones (excluding diaryl/α,β-unsaturated/α-hetero) is 2. The minimum Gasteiger partial charge on any atom is -0.507 e. The summed E-state index contributed by atoms with van der Waals surface area (Å²) in [5.74, 6) is -5.69. The van der Waals surface area contributed by atoms with Crippen LogP contribution in [0.25, 0.3) is 0 Å². The Morgan fingerprint density at radius 3 is 2.31 bits per heavy atom.